The van der Waals surface area contributed by atoms with Crippen LogP contribution in [-0.2, 0) is 9.53 Å². The zero-order chi connectivity index (χ0) is 13.7. The van der Waals surface area contributed by atoms with Crippen LogP contribution in [-0.4, -0.2) is 12.6 Å². The third-order valence-electron chi connectivity index (χ3n) is 2.51. The third-order valence-corrected chi connectivity index (χ3v) is 5.11. The number of esters is 1. The molecule has 0 bridgehead atoms. The lowest BCUT2D eigenvalue weighted by Crippen LogP contribution is -2.16. The van der Waals surface area contributed by atoms with E-state index in [1.165, 1.54) is 11.3 Å². The van der Waals surface area contributed by atoms with Crippen molar-refractivity contribution < 1.29 is 9.53 Å². The van der Waals surface area contributed by atoms with Gasteiger partial charge in [0.05, 0.1) is 15.4 Å². The number of hydrogen-bond acceptors (Lipinski definition) is 4. The molecule has 102 valence electrons. The molecule has 0 aliphatic heterocycles. The number of halogens is 2. The Balaban J connectivity index is 2.48. The van der Waals surface area contributed by atoms with E-state index in [1.807, 2.05) is 13.0 Å². The number of nitrogens with two attached hydrogens (primary N) is 1. The van der Waals surface area contributed by atoms with Crippen LogP contribution in [0.4, 0.5) is 0 Å². The van der Waals surface area contributed by atoms with Crippen molar-refractivity contribution in [1.82, 2.24) is 0 Å². The summed E-state index contributed by atoms with van der Waals surface area (Å²) in [5, 5.41) is 0.684. The number of rotatable bonds is 6. The van der Waals surface area contributed by atoms with E-state index in [9.17, 15) is 4.79 Å². The molecular weight excluding hydrogens is 338 g/mol. The van der Waals surface area contributed by atoms with Crippen molar-refractivity contribution in [3.63, 3.8) is 0 Å². The summed E-state index contributed by atoms with van der Waals surface area (Å²) in [5.41, 5.74) is 6.11. The van der Waals surface area contributed by atoms with E-state index in [0.29, 0.717) is 18.1 Å². The second-order valence-electron chi connectivity index (χ2n) is 4.23. The van der Waals surface area contributed by atoms with Crippen LogP contribution in [0.5, 0.6) is 0 Å². The Kier molecular flexibility index (Phi) is 6.63. The van der Waals surface area contributed by atoms with E-state index >= 15 is 0 Å². The van der Waals surface area contributed by atoms with Crippen molar-refractivity contribution in [3.05, 3.63) is 19.8 Å². The maximum Gasteiger partial charge on any atom is 0.306 e. The monoisotopic (exact) mass is 353 g/mol. The Morgan fingerprint density at radius 1 is 1.67 bits per heavy atom. The number of carbonyl (C=O) groups is 1. The van der Waals surface area contributed by atoms with E-state index in [2.05, 4.69) is 15.9 Å². The topological polar surface area (TPSA) is 52.3 Å². The van der Waals surface area contributed by atoms with Crippen molar-refractivity contribution in [3.8, 4) is 0 Å². The van der Waals surface area contributed by atoms with E-state index in [4.69, 9.17) is 22.1 Å². The first-order valence-electron chi connectivity index (χ1n) is 5.80. The average molecular weight is 355 g/mol. The molecule has 3 nitrogen and oxygen atoms in total. The lowest BCUT2D eigenvalue weighted by molar-refractivity contribution is -0.144. The van der Waals surface area contributed by atoms with Gasteiger partial charge in [-0.1, -0.05) is 18.5 Å². The minimum absolute atomic E-state index is 0.0942. The summed E-state index contributed by atoms with van der Waals surface area (Å²) in [5.74, 6) is 0.0290. The normalized spacial score (nSPS) is 14.3. The molecule has 2 unspecified atom stereocenters. The zero-order valence-corrected chi connectivity index (χ0v) is 13.6. The molecule has 0 aliphatic rings. The van der Waals surface area contributed by atoms with Gasteiger partial charge in [0.2, 0.25) is 0 Å². The van der Waals surface area contributed by atoms with Crippen LogP contribution < -0.4 is 5.73 Å². The predicted molar refractivity (Wildman–Crippen MR) is 79.0 cm³/mol. The lowest BCUT2D eigenvalue weighted by atomic mass is 9.98. The summed E-state index contributed by atoms with van der Waals surface area (Å²) in [6.45, 7) is 4.23. The molecule has 2 atom stereocenters. The molecule has 1 aromatic heterocycles. The first-order valence-corrected chi connectivity index (χ1v) is 7.78. The summed E-state index contributed by atoms with van der Waals surface area (Å²) in [6, 6.07) is 1.78. The molecule has 0 radical (unpaired) electrons. The molecule has 0 saturated heterocycles. The second-order valence-corrected chi connectivity index (χ2v) is 7.04. The minimum atomic E-state index is -0.164. The maximum atomic E-state index is 11.3. The van der Waals surface area contributed by atoms with Gasteiger partial charge in [0.25, 0.3) is 0 Å². The smallest absolute Gasteiger partial charge is 0.306 e. The number of ether oxygens (including phenoxy) is 1. The van der Waals surface area contributed by atoms with E-state index in [-0.39, 0.29) is 17.9 Å². The molecule has 0 spiro atoms. The highest BCUT2D eigenvalue weighted by Gasteiger charge is 2.17. The van der Waals surface area contributed by atoms with Gasteiger partial charge in [-0.15, -0.1) is 11.3 Å². The van der Waals surface area contributed by atoms with E-state index in [0.717, 1.165) is 15.1 Å². The number of thiophene rings is 1. The number of hydrogen-bond donors (Lipinski definition) is 1. The second kappa shape index (κ2) is 7.48. The molecule has 6 heteroatoms. The Labute approximate surface area is 125 Å². The van der Waals surface area contributed by atoms with Crippen LogP contribution >= 0.6 is 38.9 Å². The van der Waals surface area contributed by atoms with Crippen molar-refractivity contribution in [2.45, 2.75) is 32.7 Å². The van der Waals surface area contributed by atoms with Gasteiger partial charge in [-0.3, -0.25) is 4.79 Å². The molecule has 0 aromatic carbocycles. The van der Waals surface area contributed by atoms with Gasteiger partial charge in [0.1, 0.15) is 0 Å². The standard InChI is InChI=1S/C12H17BrClNO2S/c1-3-17-11(16)5-7(2)4-9(15)10-6-8(14)12(13)18-10/h6-7,9H,3-5,15H2,1-2H3. The van der Waals surface area contributed by atoms with Gasteiger partial charge in [-0.05, 0) is 41.3 Å². The lowest BCUT2D eigenvalue weighted by Gasteiger charge is -2.15. The molecule has 18 heavy (non-hydrogen) atoms. The SMILES string of the molecule is CCOC(=O)CC(C)CC(N)c1cc(Cl)c(Br)s1. The predicted octanol–water partition coefficient (Wildman–Crippen LogP) is 4.14. The molecule has 1 aromatic rings. The minimum Gasteiger partial charge on any atom is -0.466 e. The fraction of sp³-hybridized carbons (Fsp3) is 0.583. The van der Waals surface area contributed by atoms with Crippen LogP contribution in [0.1, 0.15) is 37.6 Å². The van der Waals surface area contributed by atoms with Crippen LogP contribution in [0.2, 0.25) is 5.02 Å². The van der Waals surface area contributed by atoms with Crippen molar-refractivity contribution in [2.75, 3.05) is 6.61 Å². The fourth-order valence-electron chi connectivity index (χ4n) is 1.68. The summed E-state index contributed by atoms with van der Waals surface area (Å²) >= 11 is 10.9. The summed E-state index contributed by atoms with van der Waals surface area (Å²) < 4.78 is 5.81. The van der Waals surface area contributed by atoms with Gasteiger partial charge in [-0.25, -0.2) is 0 Å². The third kappa shape index (κ3) is 4.88. The quantitative estimate of drug-likeness (QED) is 0.781. The summed E-state index contributed by atoms with van der Waals surface area (Å²) in [7, 11) is 0. The van der Waals surface area contributed by atoms with Crippen LogP contribution in [0, 0.1) is 5.92 Å². The van der Waals surface area contributed by atoms with Gasteiger partial charge in [0, 0.05) is 17.3 Å². The molecule has 1 heterocycles. The van der Waals surface area contributed by atoms with Crippen LogP contribution in [0.3, 0.4) is 0 Å². The van der Waals surface area contributed by atoms with Gasteiger partial charge < -0.3 is 10.5 Å². The molecule has 0 aliphatic carbocycles. The summed E-state index contributed by atoms with van der Waals surface area (Å²) in [4.78, 5) is 12.4. The van der Waals surface area contributed by atoms with Crippen LogP contribution in [0.15, 0.2) is 9.85 Å². The van der Waals surface area contributed by atoms with Crippen molar-refractivity contribution in [1.29, 1.82) is 0 Å². The highest BCUT2D eigenvalue weighted by Crippen LogP contribution is 2.36. The highest BCUT2D eigenvalue weighted by atomic mass is 79.9. The zero-order valence-electron chi connectivity index (χ0n) is 10.4. The Morgan fingerprint density at radius 3 is 2.83 bits per heavy atom. The van der Waals surface area contributed by atoms with Gasteiger partial charge in [0.15, 0.2) is 0 Å². The van der Waals surface area contributed by atoms with Crippen molar-refractivity contribution >= 4 is 44.8 Å². The van der Waals surface area contributed by atoms with E-state index in [1.54, 1.807) is 6.92 Å². The maximum absolute atomic E-state index is 11.3. The highest BCUT2D eigenvalue weighted by molar-refractivity contribution is 9.11. The van der Waals surface area contributed by atoms with Gasteiger partial charge in [-0.2, -0.15) is 0 Å². The average Bonchev–Trinajstić information content (AvgIpc) is 2.59. The molecule has 0 saturated carbocycles. The molecule has 2 N–H and O–H groups in total. The Bertz CT molecular complexity index is 391. The fourth-order valence-corrected chi connectivity index (χ4v) is 3.44. The first kappa shape index (κ1) is 16.0. The van der Waals surface area contributed by atoms with Gasteiger partial charge >= 0.3 is 5.97 Å². The molecule has 1 rings (SSSR count). The van der Waals surface area contributed by atoms with Crippen LogP contribution in [0.25, 0.3) is 0 Å². The van der Waals surface area contributed by atoms with Crippen molar-refractivity contribution in [2.24, 2.45) is 11.7 Å². The first-order chi connectivity index (χ1) is 8.43. The Hall–Kier alpha value is -0.100. The molecular formula is C12H17BrClNO2S. The van der Waals surface area contributed by atoms with E-state index < -0.39 is 0 Å². The summed E-state index contributed by atoms with van der Waals surface area (Å²) in [6.07, 6.45) is 1.14. The molecule has 0 fully saturated rings. The number of carbonyl (C=O) groups excluding carboxylic acids is 1. The largest absolute Gasteiger partial charge is 0.466 e. The molecule has 0 amide bonds. The Morgan fingerprint density at radius 2 is 2.33 bits per heavy atom.